The molecule has 0 aromatic carbocycles. The summed E-state index contributed by atoms with van der Waals surface area (Å²) in [4.78, 5) is 0. The lowest BCUT2D eigenvalue weighted by atomic mass is 10.1. The van der Waals surface area contributed by atoms with E-state index in [1.165, 1.54) is 0 Å². The molecule has 0 aliphatic carbocycles. The van der Waals surface area contributed by atoms with Gasteiger partial charge in [0.05, 0.1) is 4.75 Å². The second kappa shape index (κ2) is 3.67. The van der Waals surface area contributed by atoms with Gasteiger partial charge in [-0.3, -0.25) is 0 Å². The Bertz CT molecular complexity index is 276. The molecule has 0 saturated heterocycles. The summed E-state index contributed by atoms with van der Waals surface area (Å²) in [6.45, 7) is 9.82. The van der Waals surface area contributed by atoms with E-state index in [0.717, 1.165) is 10.1 Å². The van der Waals surface area contributed by atoms with Crippen molar-refractivity contribution in [3.63, 3.8) is 0 Å². The molecule has 0 fully saturated rings. The molecule has 1 aliphatic rings. The monoisotopic (exact) mass is 242 g/mol. The summed E-state index contributed by atoms with van der Waals surface area (Å²) in [5.74, 6) is 0. The molecule has 0 nitrogen and oxygen atoms in total. The summed E-state index contributed by atoms with van der Waals surface area (Å²) in [7, 11) is 0. The molecule has 0 amide bonds. The lowest BCUT2D eigenvalue weighted by molar-refractivity contribution is 1.00. The van der Waals surface area contributed by atoms with Gasteiger partial charge in [-0.1, -0.05) is 28.6 Å². The molecule has 1 heterocycles. The normalized spacial score (nSPS) is 29.5. The number of halogens is 1. The standard InChI is InChI=1S/C10H11BrS/c1-4-10(3)9(11)7-8(2)5-6-12-10/h4-7H,1-2H2,3H3/t10-/m0/s1. The maximum Gasteiger partial charge on any atom is 0.0663 e. The molecule has 0 radical (unpaired) electrons. The number of allylic oxidation sites excluding steroid dienone is 3. The average molecular weight is 243 g/mol. The van der Waals surface area contributed by atoms with E-state index in [9.17, 15) is 0 Å². The molecule has 0 aromatic rings. The molecular weight excluding hydrogens is 232 g/mol. The topological polar surface area (TPSA) is 0 Å². The van der Waals surface area contributed by atoms with Crippen LogP contribution in [-0.4, -0.2) is 4.75 Å². The minimum atomic E-state index is -0.0457. The molecule has 0 N–H and O–H groups in total. The first kappa shape index (κ1) is 9.87. The van der Waals surface area contributed by atoms with Gasteiger partial charge in [-0.15, -0.1) is 18.3 Å². The first-order valence-electron chi connectivity index (χ1n) is 3.63. The zero-order chi connectivity index (χ0) is 9.19. The first-order valence-corrected chi connectivity index (χ1v) is 5.30. The van der Waals surface area contributed by atoms with Crippen LogP contribution < -0.4 is 0 Å². The van der Waals surface area contributed by atoms with E-state index in [1.807, 2.05) is 18.2 Å². The molecular formula is C10H11BrS. The van der Waals surface area contributed by atoms with Crippen molar-refractivity contribution in [1.82, 2.24) is 0 Å². The quantitative estimate of drug-likeness (QED) is 0.626. The number of hydrogen-bond donors (Lipinski definition) is 0. The number of rotatable bonds is 1. The van der Waals surface area contributed by atoms with Crippen molar-refractivity contribution >= 4 is 27.7 Å². The zero-order valence-electron chi connectivity index (χ0n) is 7.01. The van der Waals surface area contributed by atoms with Crippen molar-refractivity contribution in [3.8, 4) is 0 Å². The van der Waals surface area contributed by atoms with Crippen molar-refractivity contribution in [2.75, 3.05) is 0 Å². The van der Waals surface area contributed by atoms with Crippen molar-refractivity contribution < 1.29 is 0 Å². The van der Waals surface area contributed by atoms with Crippen LogP contribution in [0.15, 0.2) is 46.8 Å². The summed E-state index contributed by atoms with van der Waals surface area (Å²) in [6, 6.07) is 0. The fraction of sp³-hybridized carbons (Fsp3) is 0.200. The number of hydrogen-bond acceptors (Lipinski definition) is 1. The molecule has 64 valence electrons. The van der Waals surface area contributed by atoms with Crippen molar-refractivity contribution in [2.24, 2.45) is 0 Å². The highest BCUT2D eigenvalue weighted by Crippen LogP contribution is 2.40. The van der Waals surface area contributed by atoms with Crippen LogP contribution in [0, 0.1) is 0 Å². The van der Waals surface area contributed by atoms with Gasteiger partial charge in [-0.25, -0.2) is 0 Å². The molecule has 2 heteroatoms. The van der Waals surface area contributed by atoms with Crippen LogP contribution in [-0.2, 0) is 0 Å². The number of thioether (sulfide) groups is 1. The molecule has 0 unspecified atom stereocenters. The second-order valence-corrected chi connectivity index (χ2v) is 5.01. The fourth-order valence-electron chi connectivity index (χ4n) is 0.819. The van der Waals surface area contributed by atoms with Crippen LogP contribution in [0.3, 0.4) is 0 Å². The Kier molecular flexibility index (Phi) is 3.02. The highest BCUT2D eigenvalue weighted by Gasteiger charge is 2.24. The Balaban J connectivity index is 3.07. The van der Waals surface area contributed by atoms with Gasteiger partial charge in [0.15, 0.2) is 0 Å². The molecule has 12 heavy (non-hydrogen) atoms. The average Bonchev–Trinajstić information content (AvgIpc) is 2.14. The Morgan fingerprint density at radius 2 is 2.33 bits per heavy atom. The molecule has 0 aromatic heterocycles. The molecule has 1 aliphatic heterocycles. The van der Waals surface area contributed by atoms with Crippen LogP contribution in [0.4, 0.5) is 0 Å². The van der Waals surface area contributed by atoms with E-state index in [1.54, 1.807) is 11.8 Å². The molecule has 0 bridgehead atoms. The van der Waals surface area contributed by atoms with Crippen molar-refractivity contribution in [1.29, 1.82) is 0 Å². The van der Waals surface area contributed by atoms with Crippen LogP contribution in [0.1, 0.15) is 6.92 Å². The Morgan fingerprint density at radius 1 is 1.67 bits per heavy atom. The van der Waals surface area contributed by atoms with E-state index >= 15 is 0 Å². The maximum atomic E-state index is 3.88. The van der Waals surface area contributed by atoms with E-state index in [4.69, 9.17) is 0 Å². The van der Waals surface area contributed by atoms with Crippen LogP contribution in [0.5, 0.6) is 0 Å². The van der Waals surface area contributed by atoms with Gasteiger partial charge in [0.1, 0.15) is 0 Å². The summed E-state index contributed by atoms with van der Waals surface area (Å²) < 4.78 is 1.07. The summed E-state index contributed by atoms with van der Waals surface area (Å²) in [5.41, 5.74) is 1.01. The third-order valence-electron chi connectivity index (χ3n) is 1.77. The lowest BCUT2D eigenvalue weighted by Crippen LogP contribution is -2.14. The van der Waals surface area contributed by atoms with Crippen molar-refractivity contribution in [3.05, 3.63) is 46.8 Å². The Labute approximate surface area is 86.3 Å². The third-order valence-corrected chi connectivity index (χ3v) is 4.23. The van der Waals surface area contributed by atoms with E-state index in [2.05, 4.69) is 41.4 Å². The van der Waals surface area contributed by atoms with E-state index < -0.39 is 0 Å². The van der Waals surface area contributed by atoms with Crippen molar-refractivity contribution in [2.45, 2.75) is 11.7 Å². The van der Waals surface area contributed by atoms with Gasteiger partial charge in [0.2, 0.25) is 0 Å². The lowest BCUT2D eigenvalue weighted by Gasteiger charge is -2.21. The Hall–Kier alpha value is -0.210. The van der Waals surface area contributed by atoms with Gasteiger partial charge in [-0.05, 0) is 30.1 Å². The van der Waals surface area contributed by atoms with Gasteiger partial charge >= 0.3 is 0 Å². The molecule has 1 atom stereocenters. The summed E-state index contributed by atoms with van der Waals surface area (Å²) >= 11 is 5.25. The molecule has 1 rings (SSSR count). The Morgan fingerprint density at radius 3 is 2.92 bits per heavy atom. The van der Waals surface area contributed by atoms with Crippen LogP contribution in [0.25, 0.3) is 0 Å². The SMILES string of the molecule is C=C[C@]1(C)SC=CC(=C)C=C1Br. The molecule has 0 saturated carbocycles. The van der Waals surface area contributed by atoms with Crippen LogP contribution in [0.2, 0.25) is 0 Å². The van der Waals surface area contributed by atoms with Gasteiger partial charge in [-0.2, -0.15) is 0 Å². The van der Waals surface area contributed by atoms with E-state index in [0.29, 0.717) is 0 Å². The van der Waals surface area contributed by atoms with Crippen LogP contribution >= 0.6 is 27.7 Å². The smallest absolute Gasteiger partial charge is 0.0663 e. The maximum absolute atomic E-state index is 3.88. The summed E-state index contributed by atoms with van der Waals surface area (Å²) in [6.07, 6.45) is 5.96. The van der Waals surface area contributed by atoms with E-state index in [-0.39, 0.29) is 4.75 Å². The first-order chi connectivity index (χ1) is 5.58. The minimum Gasteiger partial charge on any atom is -0.118 e. The minimum absolute atomic E-state index is 0.0457. The highest BCUT2D eigenvalue weighted by atomic mass is 79.9. The third kappa shape index (κ3) is 1.93. The predicted molar refractivity (Wildman–Crippen MR) is 61.5 cm³/mol. The van der Waals surface area contributed by atoms with Gasteiger partial charge in [0, 0.05) is 4.48 Å². The second-order valence-electron chi connectivity index (χ2n) is 2.80. The largest absolute Gasteiger partial charge is 0.118 e. The van der Waals surface area contributed by atoms with Gasteiger partial charge in [0.25, 0.3) is 0 Å². The highest BCUT2D eigenvalue weighted by molar-refractivity contribution is 9.12. The predicted octanol–water partition coefficient (Wildman–Crippen LogP) is 4.03. The van der Waals surface area contributed by atoms with Gasteiger partial charge < -0.3 is 0 Å². The fourth-order valence-corrected chi connectivity index (χ4v) is 2.35. The zero-order valence-corrected chi connectivity index (χ0v) is 9.41. The summed E-state index contributed by atoms with van der Waals surface area (Å²) in [5, 5.41) is 2.05. The molecule has 0 spiro atoms.